The SMILES string of the molecule is CC(C)(C)OC1(CI)CCC(C(C)(C)C)CC1. The van der Waals surface area contributed by atoms with Crippen LogP contribution in [0.3, 0.4) is 0 Å². The summed E-state index contributed by atoms with van der Waals surface area (Å²) in [6.45, 7) is 13.7. The van der Waals surface area contributed by atoms with Crippen molar-refractivity contribution in [3.63, 3.8) is 0 Å². The molecule has 0 aromatic heterocycles. The van der Waals surface area contributed by atoms with E-state index in [4.69, 9.17) is 4.74 Å². The van der Waals surface area contributed by atoms with Crippen molar-refractivity contribution < 1.29 is 4.74 Å². The summed E-state index contributed by atoms with van der Waals surface area (Å²) in [6, 6.07) is 0. The second kappa shape index (κ2) is 5.36. The van der Waals surface area contributed by atoms with E-state index in [1.165, 1.54) is 25.7 Å². The van der Waals surface area contributed by atoms with Gasteiger partial charge in [0, 0.05) is 4.43 Å². The molecule has 0 unspecified atom stereocenters. The molecule has 1 aliphatic carbocycles. The first kappa shape index (κ1) is 15.7. The minimum Gasteiger partial charge on any atom is -0.369 e. The molecule has 0 atom stereocenters. The van der Waals surface area contributed by atoms with Gasteiger partial charge in [-0.1, -0.05) is 43.4 Å². The molecule has 2 heteroatoms. The van der Waals surface area contributed by atoms with E-state index in [9.17, 15) is 0 Å². The smallest absolute Gasteiger partial charge is 0.0778 e. The standard InChI is InChI=1S/C15H29IO/c1-13(2,3)12-7-9-15(11-16,10-8-12)17-14(4,5)6/h12H,7-11H2,1-6H3. The maximum atomic E-state index is 6.37. The third-order valence-electron chi connectivity index (χ3n) is 3.89. The number of hydrogen-bond donors (Lipinski definition) is 0. The van der Waals surface area contributed by atoms with Crippen LogP contribution < -0.4 is 0 Å². The summed E-state index contributed by atoms with van der Waals surface area (Å²) in [6.07, 6.45) is 5.11. The summed E-state index contributed by atoms with van der Waals surface area (Å²) in [7, 11) is 0. The van der Waals surface area contributed by atoms with E-state index >= 15 is 0 Å². The Balaban J connectivity index is 2.64. The van der Waals surface area contributed by atoms with Crippen LogP contribution in [-0.4, -0.2) is 15.6 Å². The molecule has 1 saturated carbocycles. The molecule has 0 aromatic rings. The summed E-state index contributed by atoms with van der Waals surface area (Å²) < 4.78 is 7.49. The lowest BCUT2D eigenvalue weighted by Crippen LogP contribution is -2.45. The zero-order valence-corrected chi connectivity index (χ0v) is 14.6. The molecule has 0 aliphatic heterocycles. The predicted octanol–water partition coefficient (Wildman–Crippen LogP) is 5.21. The van der Waals surface area contributed by atoms with Gasteiger partial charge >= 0.3 is 0 Å². The summed E-state index contributed by atoms with van der Waals surface area (Å²) in [5, 5.41) is 0. The van der Waals surface area contributed by atoms with Gasteiger partial charge in [0.1, 0.15) is 0 Å². The zero-order chi connectivity index (χ0) is 13.3. The van der Waals surface area contributed by atoms with Crippen molar-refractivity contribution in [2.75, 3.05) is 4.43 Å². The Morgan fingerprint density at radius 3 is 1.82 bits per heavy atom. The van der Waals surface area contributed by atoms with Crippen LogP contribution in [0, 0.1) is 11.3 Å². The normalized spacial score (nSPS) is 31.6. The van der Waals surface area contributed by atoms with E-state index in [0.29, 0.717) is 5.41 Å². The van der Waals surface area contributed by atoms with Gasteiger partial charge in [0.25, 0.3) is 0 Å². The van der Waals surface area contributed by atoms with Gasteiger partial charge in [-0.2, -0.15) is 0 Å². The fourth-order valence-electron chi connectivity index (χ4n) is 2.92. The van der Waals surface area contributed by atoms with Gasteiger partial charge < -0.3 is 4.74 Å². The maximum absolute atomic E-state index is 6.37. The zero-order valence-electron chi connectivity index (χ0n) is 12.4. The Hall–Kier alpha value is 0.690. The van der Waals surface area contributed by atoms with Crippen molar-refractivity contribution in [2.24, 2.45) is 11.3 Å². The van der Waals surface area contributed by atoms with Crippen molar-refractivity contribution >= 4 is 22.6 Å². The minimum atomic E-state index is -0.0141. The molecule has 102 valence electrons. The Bertz CT molecular complexity index is 239. The molecule has 1 aliphatic rings. The molecule has 0 N–H and O–H groups in total. The lowest BCUT2D eigenvalue weighted by molar-refractivity contribution is -0.142. The van der Waals surface area contributed by atoms with E-state index in [1.54, 1.807) is 0 Å². The van der Waals surface area contributed by atoms with Crippen LogP contribution >= 0.6 is 22.6 Å². The van der Waals surface area contributed by atoms with E-state index < -0.39 is 0 Å². The Morgan fingerprint density at radius 1 is 1.06 bits per heavy atom. The average Bonchev–Trinajstić information content (AvgIpc) is 2.14. The molecule has 0 radical (unpaired) electrons. The van der Waals surface area contributed by atoms with Crippen molar-refractivity contribution in [1.82, 2.24) is 0 Å². The van der Waals surface area contributed by atoms with Gasteiger partial charge in [0.15, 0.2) is 0 Å². The number of ether oxygens (including phenoxy) is 1. The van der Waals surface area contributed by atoms with Crippen LogP contribution in [0.5, 0.6) is 0 Å². The molecule has 1 fully saturated rings. The lowest BCUT2D eigenvalue weighted by Gasteiger charge is -2.46. The van der Waals surface area contributed by atoms with Crippen LogP contribution in [0.1, 0.15) is 67.2 Å². The highest BCUT2D eigenvalue weighted by Crippen LogP contribution is 2.44. The third kappa shape index (κ3) is 4.70. The fourth-order valence-corrected chi connectivity index (χ4v) is 3.84. The topological polar surface area (TPSA) is 9.23 Å². The molecule has 0 amide bonds. The first-order valence-electron chi connectivity index (χ1n) is 6.84. The Morgan fingerprint density at radius 2 is 1.53 bits per heavy atom. The van der Waals surface area contributed by atoms with E-state index in [1.807, 2.05) is 0 Å². The Kier molecular flexibility index (Phi) is 4.96. The molecule has 0 aromatic carbocycles. The molecule has 0 saturated heterocycles. The van der Waals surface area contributed by atoms with Gasteiger partial charge in [-0.3, -0.25) is 0 Å². The van der Waals surface area contributed by atoms with Gasteiger partial charge in [0.05, 0.1) is 11.2 Å². The van der Waals surface area contributed by atoms with Crippen molar-refractivity contribution in [2.45, 2.75) is 78.4 Å². The summed E-state index contributed by atoms with van der Waals surface area (Å²) in [5.41, 5.74) is 0.583. The number of halogens is 1. The molecular formula is C15H29IO. The van der Waals surface area contributed by atoms with Crippen LogP contribution in [-0.2, 0) is 4.74 Å². The maximum Gasteiger partial charge on any atom is 0.0778 e. The summed E-state index contributed by atoms with van der Waals surface area (Å²) in [5.74, 6) is 0.863. The first-order chi connectivity index (χ1) is 7.58. The molecule has 0 spiro atoms. The molecule has 0 bridgehead atoms. The molecule has 1 nitrogen and oxygen atoms in total. The highest BCUT2D eigenvalue weighted by molar-refractivity contribution is 14.1. The minimum absolute atomic E-state index is 0.0141. The lowest BCUT2D eigenvalue weighted by atomic mass is 9.68. The number of hydrogen-bond acceptors (Lipinski definition) is 1. The largest absolute Gasteiger partial charge is 0.369 e. The second-order valence-electron chi connectivity index (χ2n) is 7.67. The van der Waals surface area contributed by atoms with E-state index in [-0.39, 0.29) is 11.2 Å². The second-order valence-corrected chi connectivity index (χ2v) is 8.43. The molecule has 17 heavy (non-hydrogen) atoms. The fraction of sp³-hybridized carbons (Fsp3) is 1.00. The van der Waals surface area contributed by atoms with Crippen LogP contribution in [0.4, 0.5) is 0 Å². The number of rotatable bonds is 2. The molecule has 0 heterocycles. The van der Waals surface area contributed by atoms with Gasteiger partial charge in [-0.05, 0) is 57.8 Å². The van der Waals surface area contributed by atoms with Crippen molar-refractivity contribution in [1.29, 1.82) is 0 Å². The van der Waals surface area contributed by atoms with Crippen LogP contribution in [0.25, 0.3) is 0 Å². The Labute approximate surface area is 121 Å². The van der Waals surface area contributed by atoms with Crippen molar-refractivity contribution in [3.8, 4) is 0 Å². The van der Waals surface area contributed by atoms with Crippen LogP contribution in [0.15, 0.2) is 0 Å². The summed E-state index contributed by atoms with van der Waals surface area (Å²) >= 11 is 2.50. The van der Waals surface area contributed by atoms with Gasteiger partial charge in [-0.25, -0.2) is 0 Å². The van der Waals surface area contributed by atoms with E-state index in [0.717, 1.165) is 10.3 Å². The van der Waals surface area contributed by atoms with Gasteiger partial charge in [-0.15, -0.1) is 0 Å². The third-order valence-corrected chi connectivity index (χ3v) is 5.28. The molecule has 1 rings (SSSR count). The van der Waals surface area contributed by atoms with Gasteiger partial charge in [0.2, 0.25) is 0 Å². The highest BCUT2D eigenvalue weighted by Gasteiger charge is 2.40. The monoisotopic (exact) mass is 352 g/mol. The van der Waals surface area contributed by atoms with E-state index in [2.05, 4.69) is 64.1 Å². The first-order valence-corrected chi connectivity index (χ1v) is 8.37. The van der Waals surface area contributed by atoms with Crippen molar-refractivity contribution in [3.05, 3.63) is 0 Å². The average molecular weight is 352 g/mol. The quantitative estimate of drug-likeness (QED) is 0.490. The predicted molar refractivity (Wildman–Crippen MR) is 83.9 cm³/mol. The highest BCUT2D eigenvalue weighted by atomic mass is 127. The van der Waals surface area contributed by atoms with Crippen LogP contribution in [0.2, 0.25) is 0 Å². The summed E-state index contributed by atoms with van der Waals surface area (Å²) in [4.78, 5) is 0. The number of alkyl halides is 1. The molecular weight excluding hydrogens is 323 g/mol.